The Bertz CT molecular complexity index is 1050. The zero-order valence-corrected chi connectivity index (χ0v) is 16.1. The number of nitrogens with zero attached hydrogens (tertiary/aromatic N) is 1. The van der Waals surface area contributed by atoms with Crippen molar-refractivity contribution in [3.05, 3.63) is 87.8 Å². The van der Waals surface area contributed by atoms with Gasteiger partial charge in [0.05, 0.1) is 12.1 Å². The van der Waals surface area contributed by atoms with Crippen LogP contribution >= 0.6 is 11.8 Å². The normalized spacial score (nSPS) is 10.5. The van der Waals surface area contributed by atoms with E-state index in [2.05, 4.69) is 15.3 Å². The van der Waals surface area contributed by atoms with Crippen molar-refractivity contribution in [3.63, 3.8) is 0 Å². The lowest BCUT2D eigenvalue weighted by Gasteiger charge is -2.07. The molecule has 2 N–H and O–H groups in total. The van der Waals surface area contributed by atoms with Gasteiger partial charge < -0.3 is 10.3 Å². The maximum absolute atomic E-state index is 12.3. The predicted octanol–water partition coefficient (Wildman–Crippen LogP) is 3.45. The van der Waals surface area contributed by atoms with E-state index in [0.29, 0.717) is 27.9 Å². The number of carbonyl (C=O) groups is 2. The fourth-order valence-corrected chi connectivity index (χ4v) is 3.40. The topological polar surface area (TPSA) is 91.9 Å². The number of carbonyl (C=O) groups excluding carboxylic acids is 2. The van der Waals surface area contributed by atoms with Crippen molar-refractivity contribution < 1.29 is 9.59 Å². The van der Waals surface area contributed by atoms with Crippen LogP contribution in [0.2, 0.25) is 0 Å². The number of benzene rings is 2. The Morgan fingerprint density at radius 2 is 1.86 bits per heavy atom. The van der Waals surface area contributed by atoms with Crippen LogP contribution in [0.1, 0.15) is 28.5 Å². The van der Waals surface area contributed by atoms with Crippen LogP contribution in [0.3, 0.4) is 0 Å². The van der Waals surface area contributed by atoms with Crippen molar-refractivity contribution in [2.75, 3.05) is 5.32 Å². The van der Waals surface area contributed by atoms with Gasteiger partial charge in [0.1, 0.15) is 0 Å². The molecule has 0 saturated carbocycles. The fraction of sp³-hybridized carbons (Fsp3) is 0.143. The molecule has 0 radical (unpaired) electrons. The molecule has 6 nitrogen and oxygen atoms in total. The standard InChI is InChI=1S/C21H19N3O3S/c1-14(25)16-8-5-9-17(10-16)22-19(26)11-18-12-20(27)24-21(23-18)28-13-15-6-3-2-4-7-15/h2-10,12H,11,13H2,1H3,(H,22,26)(H,23,24,27). The molecule has 7 heteroatoms. The SMILES string of the molecule is CC(=O)c1cccc(NC(=O)Cc2cc(=O)[nH]c(SCc3ccccc3)n2)c1. The second-order valence-corrected chi connectivity index (χ2v) is 7.14. The van der Waals surface area contributed by atoms with Crippen molar-refractivity contribution in [2.24, 2.45) is 0 Å². The predicted molar refractivity (Wildman–Crippen MR) is 110 cm³/mol. The van der Waals surface area contributed by atoms with Crippen LogP contribution in [0.25, 0.3) is 0 Å². The van der Waals surface area contributed by atoms with E-state index in [4.69, 9.17) is 0 Å². The van der Waals surface area contributed by atoms with Gasteiger partial charge >= 0.3 is 0 Å². The molecular formula is C21H19N3O3S. The summed E-state index contributed by atoms with van der Waals surface area (Å²) in [5, 5.41) is 3.20. The van der Waals surface area contributed by atoms with E-state index in [-0.39, 0.29) is 23.7 Å². The van der Waals surface area contributed by atoms with Gasteiger partial charge in [0.15, 0.2) is 10.9 Å². The van der Waals surface area contributed by atoms with Gasteiger partial charge in [0.2, 0.25) is 5.91 Å². The summed E-state index contributed by atoms with van der Waals surface area (Å²) in [5.41, 5.74) is 2.25. The number of hydrogen-bond acceptors (Lipinski definition) is 5. The van der Waals surface area contributed by atoms with Crippen molar-refractivity contribution >= 4 is 29.1 Å². The Kier molecular flexibility index (Phi) is 6.39. The van der Waals surface area contributed by atoms with Crippen LogP contribution in [-0.4, -0.2) is 21.7 Å². The number of aromatic nitrogens is 2. The largest absolute Gasteiger partial charge is 0.326 e. The van der Waals surface area contributed by atoms with E-state index in [1.54, 1.807) is 24.3 Å². The summed E-state index contributed by atoms with van der Waals surface area (Å²) in [7, 11) is 0. The summed E-state index contributed by atoms with van der Waals surface area (Å²) in [6, 6.07) is 17.9. The zero-order chi connectivity index (χ0) is 19.9. The number of rotatable bonds is 7. The smallest absolute Gasteiger partial charge is 0.251 e. The van der Waals surface area contributed by atoms with Crippen LogP contribution < -0.4 is 10.9 Å². The van der Waals surface area contributed by atoms with Crippen LogP contribution in [-0.2, 0) is 17.0 Å². The summed E-state index contributed by atoms with van der Waals surface area (Å²) in [5.74, 6) is 0.280. The van der Waals surface area contributed by atoms with Gasteiger partial charge in [-0.3, -0.25) is 14.4 Å². The molecule has 0 aliphatic rings. The van der Waals surface area contributed by atoms with E-state index < -0.39 is 0 Å². The minimum atomic E-state index is -0.308. The molecule has 3 aromatic rings. The Morgan fingerprint density at radius 3 is 2.61 bits per heavy atom. The van der Waals surface area contributed by atoms with Crippen LogP contribution in [0.4, 0.5) is 5.69 Å². The average molecular weight is 393 g/mol. The first-order chi connectivity index (χ1) is 13.5. The number of ketones is 1. The van der Waals surface area contributed by atoms with Gasteiger partial charge in [-0.2, -0.15) is 0 Å². The average Bonchev–Trinajstić information content (AvgIpc) is 2.67. The van der Waals surface area contributed by atoms with Gasteiger partial charge in [0.25, 0.3) is 5.56 Å². The highest BCUT2D eigenvalue weighted by molar-refractivity contribution is 7.98. The number of aromatic amines is 1. The Balaban J connectivity index is 1.65. The first kappa shape index (κ1) is 19.6. The number of amides is 1. The number of Topliss-reactive ketones (excluding diaryl/α,β-unsaturated/α-hetero) is 1. The zero-order valence-electron chi connectivity index (χ0n) is 15.3. The number of thioether (sulfide) groups is 1. The molecule has 142 valence electrons. The molecule has 1 amide bonds. The summed E-state index contributed by atoms with van der Waals surface area (Å²) in [4.78, 5) is 42.7. The molecule has 28 heavy (non-hydrogen) atoms. The van der Waals surface area contributed by atoms with E-state index in [1.807, 2.05) is 30.3 Å². The maximum atomic E-state index is 12.3. The van der Waals surface area contributed by atoms with Crippen LogP contribution in [0, 0.1) is 0 Å². The second-order valence-electron chi connectivity index (χ2n) is 6.18. The molecule has 0 fully saturated rings. The Morgan fingerprint density at radius 1 is 1.07 bits per heavy atom. The quantitative estimate of drug-likeness (QED) is 0.364. The summed E-state index contributed by atoms with van der Waals surface area (Å²) < 4.78 is 0. The van der Waals surface area contributed by atoms with E-state index in [1.165, 1.54) is 24.8 Å². The van der Waals surface area contributed by atoms with Crippen LogP contribution in [0.15, 0.2) is 70.6 Å². The molecule has 2 aromatic carbocycles. The van der Waals surface area contributed by atoms with Gasteiger partial charge in [-0.25, -0.2) is 4.98 Å². The van der Waals surface area contributed by atoms with Crippen molar-refractivity contribution in [3.8, 4) is 0 Å². The molecule has 1 aromatic heterocycles. The van der Waals surface area contributed by atoms with Crippen molar-refractivity contribution in [1.82, 2.24) is 9.97 Å². The summed E-state index contributed by atoms with van der Waals surface area (Å²) in [6.45, 7) is 1.47. The van der Waals surface area contributed by atoms with Gasteiger partial charge in [-0.15, -0.1) is 0 Å². The summed E-state index contributed by atoms with van der Waals surface area (Å²) >= 11 is 1.40. The lowest BCUT2D eigenvalue weighted by molar-refractivity contribution is -0.115. The van der Waals surface area contributed by atoms with Crippen LogP contribution in [0.5, 0.6) is 0 Å². The number of hydrogen-bond donors (Lipinski definition) is 2. The Labute approximate surface area is 166 Å². The molecule has 0 spiro atoms. The van der Waals surface area contributed by atoms with Gasteiger partial charge in [-0.1, -0.05) is 54.2 Å². The molecule has 0 unspecified atom stereocenters. The monoisotopic (exact) mass is 393 g/mol. The Hall–Kier alpha value is -3.19. The van der Waals surface area contributed by atoms with Crippen molar-refractivity contribution in [2.45, 2.75) is 24.3 Å². The number of nitrogens with one attached hydrogen (secondary N) is 2. The lowest BCUT2D eigenvalue weighted by Crippen LogP contribution is -2.18. The third kappa shape index (κ3) is 5.65. The maximum Gasteiger partial charge on any atom is 0.251 e. The van der Waals surface area contributed by atoms with E-state index in [9.17, 15) is 14.4 Å². The molecular weight excluding hydrogens is 374 g/mol. The highest BCUT2D eigenvalue weighted by atomic mass is 32.2. The molecule has 0 atom stereocenters. The third-order valence-corrected chi connectivity index (χ3v) is 4.83. The number of H-pyrrole nitrogens is 1. The first-order valence-corrected chi connectivity index (χ1v) is 9.66. The summed E-state index contributed by atoms with van der Waals surface area (Å²) in [6.07, 6.45) is -0.0346. The van der Waals surface area contributed by atoms with Crippen molar-refractivity contribution in [1.29, 1.82) is 0 Å². The molecule has 0 saturated heterocycles. The lowest BCUT2D eigenvalue weighted by atomic mass is 10.1. The minimum absolute atomic E-state index is 0.0346. The minimum Gasteiger partial charge on any atom is -0.326 e. The highest BCUT2D eigenvalue weighted by Gasteiger charge is 2.09. The van der Waals surface area contributed by atoms with Gasteiger partial charge in [-0.05, 0) is 24.6 Å². The van der Waals surface area contributed by atoms with E-state index >= 15 is 0 Å². The van der Waals surface area contributed by atoms with Gasteiger partial charge in [0, 0.05) is 23.1 Å². The molecule has 0 aliphatic carbocycles. The second kappa shape index (κ2) is 9.14. The highest BCUT2D eigenvalue weighted by Crippen LogP contribution is 2.18. The number of anilines is 1. The third-order valence-electron chi connectivity index (χ3n) is 3.89. The molecule has 1 heterocycles. The van der Waals surface area contributed by atoms with E-state index in [0.717, 1.165) is 5.56 Å². The first-order valence-electron chi connectivity index (χ1n) is 8.67. The fourth-order valence-electron chi connectivity index (χ4n) is 2.55. The molecule has 3 rings (SSSR count). The molecule has 0 aliphatic heterocycles. The molecule has 0 bridgehead atoms.